The molecule has 5 rings (SSSR count). The van der Waals surface area contributed by atoms with E-state index in [9.17, 15) is 9.18 Å². The van der Waals surface area contributed by atoms with E-state index in [4.69, 9.17) is 0 Å². The van der Waals surface area contributed by atoms with E-state index < -0.39 is 0 Å². The molecule has 0 radical (unpaired) electrons. The molecule has 0 saturated carbocycles. The van der Waals surface area contributed by atoms with Gasteiger partial charge in [0, 0.05) is 42.1 Å². The third kappa shape index (κ3) is 3.06. The number of fused-ring (bicyclic) bond motifs is 3. The van der Waals surface area contributed by atoms with Gasteiger partial charge in [-0.25, -0.2) is 4.39 Å². The van der Waals surface area contributed by atoms with Gasteiger partial charge in [0.15, 0.2) is 0 Å². The predicted octanol–water partition coefficient (Wildman–Crippen LogP) is 4.08. The van der Waals surface area contributed by atoms with Crippen LogP contribution < -0.4 is 0 Å². The molecule has 2 aliphatic heterocycles. The molecule has 0 aliphatic carbocycles. The second-order valence-electron chi connectivity index (χ2n) is 7.70. The Morgan fingerprint density at radius 3 is 2.57 bits per heavy atom. The third-order valence-corrected chi connectivity index (χ3v) is 6.78. The average molecular weight is 396 g/mol. The van der Waals surface area contributed by atoms with E-state index in [-0.39, 0.29) is 23.8 Å². The minimum Gasteiger partial charge on any atom is -0.337 e. The summed E-state index contributed by atoms with van der Waals surface area (Å²) in [5, 5.41) is 0. The number of nitrogens with zero attached hydrogens (tertiary/aromatic N) is 3. The van der Waals surface area contributed by atoms with Crippen molar-refractivity contribution in [3.8, 4) is 0 Å². The number of aryl methyl sites for hydroxylation is 1. The van der Waals surface area contributed by atoms with Crippen molar-refractivity contribution in [2.75, 3.05) is 13.1 Å². The van der Waals surface area contributed by atoms with E-state index in [2.05, 4.69) is 28.5 Å². The van der Waals surface area contributed by atoms with Crippen LogP contribution in [-0.4, -0.2) is 39.4 Å². The van der Waals surface area contributed by atoms with Crippen molar-refractivity contribution >= 4 is 17.2 Å². The van der Waals surface area contributed by atoms with Gasteiger partial charge in [0.2, 0.25) is 0 Å². The van der Waals surface area contributed by atoms with Gasteiger partial charge < -0.3 is 9.47 Å². The molecule has 4 heterocycles. The standard InChI is InChI=1S/C22H22FN3OS/c1-15-4-9-18(28-15)12-24-13-20-21(14-24)26(11-16-5-7-17(23)8-6-16)22(27)19-3-2-10-25(19)20/h2-10,20-21H,11-14H2,1H3/t20-,21-/m0/s1. The number of hydrogen-bond donors (Lipinski definition) is 0. The number of hydrogen-bond acceptors (Lipinski definition) is 3. The van der Waals surface area contributed by atoms with E-state index >= 15 is 0 Å². The van der Waals surface area contributed by atoms with Crippen molar-refractivity contribution in [2.24, 2.45) is 0 Å². The molecule has 4 nitrogen and oxygen atoms in total. The summed E-state index contributed by atoms with van der Waals surface area (Å²) in [7, 11) is 0. The Morgan fingerprint density at radius 1 is 1.04 bits per heavy atom. The molecule has 0 N–H and O–H groups in total. The summed E-state index contributed by atoms with van der Waals surface area (Å²) in [4.78, 5) is 20.3. The minimum atomic E-state index is -0.251. The first-order valence-electron chi connectivity index (χ1n) is 9.58. The SMILES string of the molecule is Cc1ccc(CN2C[C@H]3[C@H](C2)n2cccc2C(=O)N3Cc2ccc(F)cc2)s1. The number of carbonyl (C=O) groups excluding carboxylic acids is 1. The maximum atomic E-state index is 13.3. The Hall–Kier alpha value is -2.44. The number of rotatable bonds is 4. The highest BCUT2D eigenvalue weighted by molar-refractivity contribution is 7.11. The normalized spacial score (nSPS) is 21.8. The molecular formula is C22H22FN3OS. The molecule has 0 unspecified atom stereocenters. The van der Waals surface area contributed by atoms with Crippen LogP contribution in [0.4, 0.5) is 4.39 Å². The monoisotopic (exact) mass is 395 g/mol. The molecule has 3 aromatic rings. The Morgan fingerprint density at radius 2 is 1.82 bits per heavy atom. The highest BCUT2D eigenvalue weighted by Gasteiger charge is 2.44. The maximum Gasteiger partial charge on any atom is 0.271 e. The molecule has 2 atom stereocenters. The molecule has 1 amide bonds. The second kappa shape index (κ2) is 6.87. The van der Waals surface area contributed by atoms with Crippen LogP contribution in [0.2, 0.25) is 0 Å². The van der Waals surface area contributed by atoms with Crippen LogP contribution in [0.1, 0.15) is 31.8 Å². The molecule has 1 fully saturated rings. The van der Waals surface area contributed by atoms with Crippen molar-refractivity contribution < 1.29 is 9.18 Å². The van der Waals surface area contributed by atoms with E-state index in [1.165, 1.54) is 21.9 Å². The maximum absolute atomic E-state index is 13.3. The Labute approximate surface area is 167 Å². The van der Waals surface area contributed by atoms with Gasteiger partial charge in [-0.3, -0.25) is 9.69 Å². The van der Waals surface area contributed by atoms with Crippen molar-refractivity contribution in [3.63, 3.8) is 0 Å². The molecule has 2 aliphatic rings. The van der Waals surface area contributed by atoms with Crippen LogP contribution in [0, 0.1) is 12.7 Å². The van der Waals surface area contributed by atoms with Gasteiger partial charge in [-0.1, -0.05) is 12.1 Å². The average Bonchev–Trinajstić information content (AvgIpc) is 3.40. The Balaban J connectivity index is 1.43. The third-order valence-electron chi connectivity index (χ3n) is 5.79. The highest BCUT2D eigenvalue weighted by atomic mass is 32.1. The van der Waals surface area contributed by atoms with Crippen LogP contribution in [0.15, 0.2) is 54.7 Å². The lowest BCUT2D eigenvalue weighted by atomic mass is 10.0. The van der Waals surface area contributed by atoms with Gasteiger partial charge in [-0.05, 0) is 48.9 Å². The van der Waals surface area contributed by atoms with E-state index in [1.54, 1.807) is 12.1 Å². The van der Waals surface area contributed by atoms with Crippen molar-refractivity contribution in [1.29, 1.82) is 0 Å². The molecular weight excluding hydrogens is 373 g/mol. The van der Waals surface area contributed by atoms with Gasteiger partial charge in [0.05, 0.1) is 12.1 Å². The Kier molecular flexibility index (Phi) is 4.33. The lowest BCUT2D eigenvalue weighted by molar-refractivity contribution is 0.0556. The summed E-state index contributed by atoms with van der Waals surface area (Å²) < 4.78 is 15.4. The number of likely N-dealkylation sites (tertiary alicyclic amines) is 1. The number of carbonyl (C=O) groups is 1. The fraction of sp³-hybridized carbons (Fsp3) is 0.318. The van der Waals surface area contributed by atoms with E-state index in [0.717, 1.165) is 30.9 Å². The van der Waals surface area contributed by atoms with Gasteiger partial charge in [-0.15, -0.1) is 11.3 Å². The molecule has 1 saturated heterocycles. The first-order chi connectivity index (χ1) is 13.6. The van der Waals surface area contributed by atoms with Crippen molar-refractivity contribution in [3.05, 3.63) is 81.6 Å². The number of aromatic nitrogens is 1. The first kappa shape index (κ1) is 17.6. The number of halogens is 1. The zero-order valence-corrected chi connectivity index (χ0v) is 16.5. The highest BCUT2D eigenvalue weighted by Crippen LogP contribution is 2.35. The number of amides is 1. The second-order valence-corrected chi connectivity index (χ2v) is 9.07. The van der Waals surface area contributed by atoms with Crippen molar-refractivity contribution in [1.82, 2.24) is 14.4 Å². The van der Waals surface area contributed by atoms with E-state index in [1.807, 2.05) is 34.6 Å². The van der Waals surface area contributed by atoms with Crippen LogP contribution in [0.25, 0.3) is 0 Å². The van der Waals surface area contributed by atoms with Crippen LogP contribution >= 0.6 is 11.3 Å². The lowest BCUT2D eigenvalue weighted by Crippen LogP contribution is -2.49. The summed E-state index contributed by atoms with van der Waals surface area (Å²) in [6.45, 7) is 5.34. The summed E-state index contributed by atoms with van der Waals surface area (Å²) in [5.41, 5.74) is 1.71. The largest absolute Gasteiger partial charge is 0.337 e. The molecule has 28 heavy (non-hydrogen) atoms. The summed E-state index contributed by atoms with van der Waals surface area (Å²) >= 11 is 1.84. The van der Waals surface area contributed by atoms with Crippen LogP contribution in [0.3, 0.4) is 0 Å². The molecule has 0 spiro atoms. The summed E-state index contributed by atoms with van der Waals surface area (Å²) in [6, 6.07) is 15.1. The molecule has 0 bridgehead atoms. The van der Waals surface area contributed by atoms with Gasteiger partial charge in [-0.2, -0.15) is 0 Å². The van der Waals surface area contributed by atoms with Gasteiger partial charge >= 0.3 is 0 Å². The minimum absolute atomic E-state index is 0.0596. The zero-order chi connectivity index (χ0) is 19.3. The molecule has 1 aromatic carbocycles. The van der Waals surface area contributed by atoms with Gasteiger partial charge in [0.1, 0.15) is 11.5 Å². The van der Waals surface area contributed by atoms with E-state index in [0.29, 0.717) is 6.54 Å². The zero-order valence-electron chi connectivity index (χ0n) is 15.7. The lowest BCUT2D eigenvalue weighted by Gasteiger charge is -2.38. The summed E-state index contributed by atoms with van der Waals surface area (Å²) in [6.07, 6.45) is 2.03. The van der Waals surface area contributed by atoms with Crippen LogP contribution in [-0.2, 0) is 13.1 Å². The topological polar surface area (TPSA) is 28.5 Å². The smallest absolute Gasteiger partial charge is 0.271 e. The quantitative estimate of drug-likeness (QED) is 0.666. The number of thiophene rings is 1. The molecule has 6 heteroatoms. The molecule has 2 aromatic heterocycles. The Bertz CT molecular complexity index is 1010. The van der Waals surface area contributed by atoms with Crippen LogP contribution in [0.5, 0.6) is 0 Å². The fourth-order valence-corrected chi connectivity index (χ4v) is 5.42. The predicted molar refractivity (Wildman–Crippen MR) is 108 cm³/mol. The first-order valence-corrected chi connectivity index (χ1v) is 10.4. The molecule has 144 valence electrons. The van der Waals surface area contributed by atoms with Crippen molar-refractivity contribution in [2.45, 2.75) is 32.1 Å². The summed E-state index contributed by atoms with van der Waals surface area (Å²) in [5.74, 6) is -0.192. The number of benzene rings is 1. The van der Waals surface area contributed by atoms with Gasteiger partial charge in [0.25, 0.3) is 5.91 Å². The fourth-order valence-electron chi connectivity index (χ4n) is 4.48.